The second-order valence-electron chi connectivity index (χ2n) is 7.54. The number of thioether (sulfide) groups is 1. The third kappa shape index (κ3) is 3.98. The predicted molar refractivity (Wildman–Crippen MR) is 131 cm³/mol. The highest BCUT2D eigenvalue weighted by atomic mass is 35.5. The summed E-state index contributed by atoms with van der Waals surface area (Å²) in [6, 6.07) is 19.0. The van der Waals surface area contributed by atoms with E-state index in [1.54, 1.807) is 6.07 Å². The number of rotatable bonds is 4. The van der Waals surface area contributed by atoms with Crippen LogP contribution in [0.3, 0.4) is 0 Å². The first-order valence-electron chi connectivity index (χ1n) is 10.4. The molecule has 0 saturated carbocycles. The molecule has 0 spiro atoms. The van der Waals surface area contributed by atoms with Gasteiger partial charge in [0.2, 0.25) is 17.8 Å². The van der Waals surface area contributed by atoms with Crippen LogP contribution in [0.4, 0.5) is 5.69 Å². The summed E-state index contributed by atoms with van der Waals surface area (Å²) in [7, 11) is 0. The third-order valence-electron chi connectivity index (χ3n) is 5.42. The first kappa shape index (κ1) is 21.3. The second kappa shape index (κ2) is 8.87. The summed E-state index contributed by atoms with van der Waals surface area (Å²) in [5, 5.41) is 13.9. The lowest BCUT2D eigenvalue weighted by molar-refractivity contribution is 0.173. The number of nitrogens with one attached hydrogen (secondary N) is 1. The van der Waals surface area contributed by atoms with E-state index in [2.05, 4.69) is 20.5 Å². The van der Waals surface area contributed by atoms with E-state index >= 15 is 0 Å². The third-order valence-corrected chi connectivity index (χ3v) is 7.01. The minimum atomic E-state index is -0.637. The van der Waals surface area contributed by atoms with Crippen molar-refractivity contribution in [3.8, 4) is 28.6 Å². The van der Waals surface area contributed by atoms with Gasteiger partial charge >= 0.3 is 0 Å². The monoisotopic (exact) mass is 510 g/mol. The molecule has 4 aromatic rings. The molecule has 34 heavy (non-hydrogen) atoms. The van der Waals surface area contributed by atoms with Crippen LogP contribution in [0.15, 0.2) is 65.8 Å². The number of nitrogens with zero attached hydrogens (tertiary/aromatic N) is 3. The number of ether oxygens (including phenoxy) is 3. The Morgan fingerprint density at radius 3 is 2.62 bits per heavy atom. The van der Waals surface area contributed by atoms with Gasteiger partial charge in [-0.3, -0.25) is 0 Å². The number of benzene rings is 3. The van der Waals surface area contributed by atoms with Gasteiger partial charge in [-0.25, -0.2) is 0 Å². The maximum absolute atomic E-state index is 6.59. The molecule has 2 aliphatic heterocycles. The molecular formula is C24H16Cl2N4O3S. The van der Waals surface area contributed by atoms with Gasteiger partial charge in [0.15, 0.2) is 23.4 Å². The van der Waals surface area contributed by atoms with Crippen molar-refractivity contribution < 1.29 is 14.2 Å². The summed E-state index contributed by atoms with van der Waals surface area (Å²) in [6.07, 6.45) is -0.637. The number of halogens is 2. The van der Waals surface area contributed by atoms with Gasteiger partial charge in [0.25, 0.3) is 0 Å². The van der Waals surface area contributed by atoms with Crippen molar-refractivity contribution in [1.82, 2.24) is 15.2 Å². The summed E-state index contributed by atoms with van der Waals surface area (Å²) >= 11 is 14.3. The fourth-order valence-electron chi connectivity index (χ4n) is 3.74. The maximum Gasteiger partial charge on any atom is 0.247 e. The second-order valence-corrected chi connectivity index (χ2v) is 9.30. The Balaban J connectivity index is 1.37. The molecule has 10 heteroatoms. The standard InChI is InChI=1S/C24H16Cl2N4O3S/c25-16-7-3-1-5-13(16)11-34-24-28-23-21(29-30-24)14-6-2-4-8-18(14)27-22(33-23)15-9-19-20(10-17(15)26)32-12-31-19/h1-10,22,27H,11-12H2. The fourth-order valence-corrected chi connectivity index (χ4v) is 5.06. The Hall–Kier alpha value is -3.20. The van der Waals surface area contributed by atoms with Crippen molar-refractivity contribution in [3.05, 3.63) is 81.8 Å². The van der Waals surface area contributed by atoms with Crippen molar-refractivity contribution in [1.29, 1.82) is 0 Å². The van der Waals surface area contributed by atoms with Gasteiger partial charge in [-0.05, 0) is 23.8 Å². The molecule has 6 rings (SSSR count). The van der Waals surface area contributed by atoms with Crippen LogP contribution >= 0.6 is 35.0 Å². The highest BCUT2D eigenvalue weighted by Gasteiger charge is 2.29. The zero-order valence-corrected chi connectivity index (χ0v) is 19.8. The van der Waals surface area contributed by atoms with Crippen molar-refractivity contribution in [2.75, 3.05) is 12.1 Å². The van der Waals surface area contributed by atoms with Gasteiger partial charge in [0, 0.05) is 33.7 Å². The van der Waals surface area contributed by atoms with Crippen LogP contribution in [0.5, 0.6) is 17.4 Å². The first-order valence-corrected chi connectivity index (χ1v) is 12.1. The molecule has 2 aliphatic rings. The van der Waals surface area contributed by atoms with Crippen molar-refractivity contribution >= 4 is 40.7 Å². The van der Waals surface area contributed by atoms with Crippen LogP contribution in [0.1, 0.15) is 17.4 Å². The van der Waals surface area contributed by atoms with E-state index in [-0.39, 0.29) is 6.79 Å². The maximum atomic E-state index is 6.59. The lowest BCUT2D eigenvalue weighted by atomic mass is 10.1. The van der Waals surface area contributed by atoms with Crippen molar-refractivity contribution in [2.24, 2.45) is 0 Å². The minimum absolute atomic E-state index is 0.156. The van der Waals surface area contributed by atoms with Crippen LogP contribution in [-0.4, -0.2) is 22.0 Å². The van der Waals surface area contributed by atoms with Crippen molar-refractivity contribution in [3.63, 3.8) is 0 Å². The Morgan fingerprint density at radius 2 is 1.74 bits per heavy atom. The molecule has 3 heterocycles. The van der Waals surface area contributed by atoms with Gasteiger partial charge in [-0.2, -0.15) is 4.98 Å². The zero-order chi connectivity index (χ0) is 23.1. The zero-order valence-electron chi connectivity index (χ0n) is 17.5. The molecule has 0 aliphatic carbocycles. The molecular weight excluding hydrogens is 495 g/mol. The number of para-hydroxylation sites is 1. The average molecular weight is 511 g/mol. The molecule has 0 bridgehead atoms. The molecule has 0 saturated heterocycles. The van der Waals surface area contributed by atoms with Gasteiger partial charge in [0.05, 0.1) is 5.02 Å². The number of aromatic nitrogens is 3. The van der Waals surface area contributed by atoms with Crippen LogP contribution in [0.25, 0.3) is 11.3 Å². The topological polar surface area (TPSA) is 78.4 Å². The summed E-state index contributed by atoms with van der Waals surface area (Å²) in [5.41, 5.74) is 3.89. The molecule has 0 radical (unpaired) electrons. The van der Waals surface area contributed by atoms with E-state index in [0.717, 1.165) is 16.8 Å². The Kier molecular flexibility index (Phi) is 5.57. The number of hydrogen-bond donors (Lipinski definition) is 1. The lowest BCUT2D eigenvalue weighted by Gasteiger charge is -2.20. The van der Waals surface area contributed by atoms with Crippen LogP contribution in [-0.2, 0) is 5.75 Å². The number of anilines is 1. The molecule has 0 amide bonds. The quantitative estimate of drug-likeness (QED) is 0.317. The minimum Gasteiger partial charge on any atom is -0.454 e. The van der Waals surface area contributed by atoms with E-state index in [9.17, 15) is 0 Å². The van der Waals surface area contributed by atoms with E-state index in [1.165, 1.54) is 11.8 Å². The predicted octanol–water partition coefficient (Wildman–Crippen LogP) is 6.37. The van der Waals surface area contributed by atoms with Crippen molar-refractivity contribution in [2.45, 2.75) is 17.1 Å². The Bertz CT molecular complexity index is 1400. The number of hydrogen-bond acceptors (Lipinski definition) is 8. The lowest BCUT2D eigenvalue weighted by Crippen LogP contribution is -2.17. The smallest absolute Gasteiger partial charge is 0.247 e. The highest BCUT2D eigenvalue weighted by molar-refractivity contribution is 7.98. The normalized spacial score (nSPS) is 15.5. The molecule has 1 aromatic heterocycles. The molecule has 1 N–H and O–H groups in total. The highest BCUT2D eigenvalue weighted by Crippen LogP contribution is 2.44. The number of fused-ring (bicyclic) bond motifs is 4. The molecule has 170 valence electrons. The van der Waals surface area contributed by atoms with E-state index < -0.39 is 6.23 Å². The summed E-state index contributed by atoms with van der Waals surface area (Å²) in [6.45, 7) is 0.156. The molecule has 7 nitrogen and oxygen atoms in total. The van der Waals surface area contributed by atoms with Crippen LogP contribution in [0, 0.1) is 0 Å². The molecule has 3 aromatic carbocycles. The van der Waals surface area contributed by atoms with Crippen LogP contribution < -0.4 is 19.5 Å². The van der Waals surface area contributed by atoms with E-state index in [0.29, 0.717) is 49.6 Å². The Labute approximate surface area is 209 Å². The van der Waals surface area contributed by atoms with E-state index in [4.69, 9.17) is 37.4 Å². The van der Waals surface area contributed by atoms with Gasteiger partial charge < -0.3 is 19.5 Å². The fraction of sp³-hybridized carbons (Fsp3) is 0.125. The van der Waals surface area contributed by atoms with E-state index in [1.807, 2.05) is 54.6 Å². The summed E-state index contributed by atoms with van der Waals surface area (Å²) in [5.74, 6) is 2.17. The molecule has 1 atom stereocenters. The molecule has 0 fully saturated rings. The first-order chi connectivity index (χ1) is 16.7. The summed E-state index contributed by atoms with van der Waals surface area (Å²) < 4.78 is 17.3. The average Bonchev–Trinajstić information content (AvgIpc) is 3.23. The van der Waals surface area contributed by atoms with Gasteiger partial charge in [-0.15, -0.1) is 10.2 Å². The SMILES string of the molecule is Clc1ccccc1CSc1nnc2c(n1)OC(c1cc3c(cc1Cl)OCO3)Nc1ccccc1-2. The van der Waals surface area contributed by atoms with Gasteiger partial charge in [0.1, 0.15) is 0 Å². The van der Waals surface area contributed by atoms with Gasteiger partial charge in [-0.1, -0.05) is 71.4 Å². The molecule has 1 unspecified atom stereocenters. The summed E-state index contributed by atoms with van der Waals surface area (Å²) in [4.78, 5) is 4.68. The van der Waals surface area contributed by atoms with Crippen LogP contribution in [0.2, 0.25) is 10.0 Å². The Morgan fingerprint density at radius 1 is 0.941 bits per heavy atom. The largest absolute Gasteiger partial charge is 0.454 e.